The highest BCUT2D eigenvalue weighted by Gasteiger charge is 2.24. The summed E-state index contributed by atoms with van der Waals surface area (Å²) in [5.74, 6) is 2.15. The molecule has 138 valence electrons. The third-order valence-corrected chi connectivity index (χ3v) is 4.63. The maximum absolute atomic E-state index is 12.5. The summed E-state index contributed by atoms with van der Waals surface area (Å²) >= 11 is 1.21. The van der Waals surface area contributed by atoms with Crippen molar-refractivity contribution in [2.45, 2.75) is 18.2 Å². The van der Waals surface area contributed by atoms with E-state index in [0.29, 0.717) is 30.6 Å². The van der Waals surface area contributed by atoms with Gasteiger partial charge in [-0.1, -0.05) is 23.9 Å². The zero-order chi connectivity index (χ0) is 18.5. The molecule has 26 heavy (non-hydrogen) atoms. The zero-order valence-corrected chi connectivity index (χ0v) is 15.2. The van der Waals surface area contributed by atoms with Crippen molar-refractivity contribution < 1.29 is 14.3 Å². The van der Waals surface area contributed by atoms with Crippen molar-refractivity contribution in [2.75, 3.05) is 36.9 Å². The summed E-state index contributed by atoms with van der Waals surface area (Å²) in [6, 6.07) is 8.98. The van der Waals surface area contributed by atoms with E-state index in [9.17, 15) is 4.79 Å². The maximum atomic E-state index is 12.5. The molecule has 8 nitrogen and oxygen atoms in total. The number of ether oxygens (including phenoxy) is 2. The third-order valence-electron chi connectivity index (χ3n) is 3.80. The number of benzene rings is 1. The molecule has 1 aromatic heterocycles. The molecule has 0 unspecified atom stereocenters. The van der Waals surface area contributed by atoms with Gasteiger partial charge in [-0.25, -0.2) is 9.97 Å². The third kappa shape index (κ3) is 4.48. The molecule has 0 fully saturated rings. The first-order chi connectivity index (χ1) is 12.5. The molecule has 0 saturated carbocycles. The first-order valence-corrected chi connectivity index (χ1v) is 9.22. The first-order valence-electron chi connectivity index (χ1n) is 8.24. The summed E-state index contributed by atoms with van der Waals surface area (Å²) in [7, 11) is 0. The lowest BCUT2D eigenvalue weighted by Gasteiger charge is -2.30. The van der Waals surface area contributed by atoms with Crippen LogP contribution in [0.15, 0.2) is 35.5 Å². The van der Waals surface area contributed by atoms with Crippen LogP contribution in [0.25, 0.3) is 0 Å². The van der Waals surface area contributed by atoms with Gasteiger partial charge in [-0.15, -0.1) is 0 Å². The molecule has 0 spiro atoms. The van der Waals surface area contributed by atoms with Crippen molar-refractivity contribution in [3.63, 3.8) is 0 Å². The molecule has 2 heterocycles. The van der Waals surface area contributed by atoms with Crippen LogP contribution in [-0.4, -0.2) is 52.3 Å². The second kappa shape index (κ2) is 8.13. The van der Waals surface area contributed by atoms with Gasteiger partial charge in [0.2, 0.25) is 5.91 Å². The largest absolute Gasteiger partial charge is 0.486 e. The Kier molecular flexibility index (Phi) is 5.67. The minimum absolute atomic E-state index is 0.0374. The van der Waals surface area contributed by atoms with Crippen LogP contribution in [-0.2, 0) is 4.79 Å². The van der Waals surface area contributed by atoms with Gasteiger partial charge in [0.15, 0.2) is 22.8 Å². The molecule has 1 atom stereocenters. The molecule has 0 bridgehead atoms. The van der Waals surface area contributed by atoms with Crippen LogP contribution in [0, 0.1) is 0 Å². The van der Waals surface area contributed by atoms with Gasteiger partial charge in [0, 0.05) is 12.6 Å². The number of carbonyl (C=O) groups excluding carboxylic acids is 1. The van der Waals surface area contributed by atoms with E-state index in [4.69, 9.17) is 20.9 Å². The average molecular weight is 375 g/mol. The Morgan fingerprint density at radius 2 is 1.96 bits per heavy atom. The monoisotopic (exact) mass is 375 g/mol. The second-order valence-electron chi connectivity index (χ2n) is 5.72. The smallest absolute Gasteiger partial charge is 0.233 e. The van der Waals surface area contributed by atoms with E-state index >= 15 is 0 Å². The van der Waals surface area contributed by atoms with Crippen molar-refractivity contribution in [1.29, 1.82) is 0 Å². The minimum atomic E-state index is -0.210. The molecule has 9 heteroatoms. The van der Waals surface area contributed by atoms with Crippen LogP contribution in [0.5, 0.6) is 11.5 Å². The van der Waals surface area contributed by atoms with E-state index in [1.165, 1.54) is 17.8 Å². The number of hydrogen-bond acceptors (Lipinski definition) is 8. The van der Waals surface area contributed by atoms with E-state index in [2.05, 4.69) is 9.97 Å². The van der Waals surface area contributed by atoms with Crippen molar-refractivity contribution in [3.05, 3.63) is 30.3 Å². The fourth-order valence-corrected chi connectivity index (χ4v) is 3.33. The molecule has 1 aliphatic heterocycles. The number of nitrogens with two attached hydrogens (primary N) is 2. The minimum Gasteiger partial charge on any atom is -0.486 e. The van der Waals surface area contributed by atoms with Crippen molar-refractivity contribution in [3.8, 4) is 11.5 Å². The van der Waals surface area contributed by atoms with Crippen LogP contribution in [0.1, 0.15) is 6.92 Å². The van der Waals surface area contributed by atoms with E-state index in [1.807, 2.05) is 31.2 Å². The van der Waals surface area contributed by atoms with Gasteiger partial charge in [-0.3, -0.25) is 4.79 Å². The topological polar surface area (TPSA) is 117 Å². The zero-order valence-electron chi connectivity index (χ0n) is 14.4. The Labute approximate surface area is 155 Å². The predicted octanol–water partition coefficient (Wildman–Crippen LogP) is 1.42. The number of nitrogen functional groups attached to an aromatic ring is 2. The van der Waals surface area contributed by atoms with Gasteiger partial charge >= 0.3 is 0 Å². The maximum Gasteiger partial charge on any atom is 0.233 e. The van der Waals surface area contributed by atoms with Gasteiger partial charge in [-0.2, -0.15) is 0 Å². The molecular formula is C17H21N5O3S. The van der Waals surface area contributed by atoms with Crippen molar-refractivity contribution >= 4 is 29.3 Å². The van der Waals surface area contributed by atoms with Crippen LogP contribution in [0.3, 0.4) is 0 Å². The fraction of sp³-hybridized carbons (Fsp3) is 0.353. The number of hydrogen-bond donors (Lipinski definition) is 2. The van der Waals surface area contributed by atoms with E-state index < -0.39 is 0 Å². The lowest BCUT2D eigenvalue weighted by molar-refractivity contribution is -0.129. The fourth-order valence-electron chi connectivity index (χ4n) is 2.55. The quantitative estimate of drug-likeness (QED) is 0.575. The number of para-hydroxylation sites is 2. The highest BCUT2D eigenvalue weighted by atomic mass is 32.2. The number of fused-ring (bicyclic) bond motifs is 1. The number of rotatable bonds is 6. The summed E-state index contributed by atoms with van der Waals surface area (Å²) in [6.45, 7) is 3.35. The Morgan fingerprint density at radius 1 is 1.27 bits per heavy atom. The van der Waals surface area contributed by atoms with Gasteiger partial charge in [0.1, 0.15) is 18.2 Å². The summed E-state index contributed by atoms with van der Waals surface area (Å²) < 4.78 is 11.6. The van der Waals surface area contributed by atoms with Gasteiger partial charge in [-0.05, 0) is 19.1 Å². The summed E-state index contributed by atoms with van der Waals surface area (Å²) in [5.41, 5.74) is 11.3. The van der Waals surface area contributed by atoms with Gasteiger partial charge in [0.25, 0.3) is 0 Å². The summed E-state index contributed by atoms with van der Waals surface area (Å²) in [6.07, 6.45) is -0.210. The SMILES string of the molecule is CCN(C[C@@H]1COc2ccccc2O1)C(=O)CSc1nc(N)cc(N)n1. The predicted molar refractivity (Wildman–Crippen MR) is 100 cm³/mol. The van der Waals surface area contributed by atoms with Gasteiger partial charge in [0.05, 0.1) is 12.3 Å². The second-order valence-corrected chi connectivity index (χ2v) is 6.66. The molecule has 1 amide bonds. The van der Waals surface area contributed by atoms with E-state index in [0.717, 1.165) is 5.75 Å². The standard InChI is InChI=1S/C17H21N5O3S/c1-2-22(8-11-9-24-12-5-3-4-6-13(12)25-11)16(23)10-26-17-20-14(18)7-15(19)21-17/h3-7,11H,2,8-10H2,1H3,(H4,18,19,20,21)/t11-/m1/s1. The Balaban J connectivity index is 1.56. The summed E-state index contributed by atoms with van der Waals surface area (Å²) in [4.78, 5) is 22.4. The molecular weight excluding hydrogens is 354 g/mol. The van der Waals surface area contributed by atoms with Crippen molar-refractivity contribution in [1.82, 2.24) is 14.9 Å². The Morgan fingerprint density at radius 3 is 2.65 bits per heavy atom. The summed E-state index contributed by atoms with van der Waals surface area (Å²) in [5, 5.41) is 0.387. The molecule has 2 aromatic rings. The van der Waals surface area contributed by atoms with E-state index in [-0.39, 0.29) is 29.4 Å². The normalized spacial score (nSPS) is 15.5. The van der Waals surface area contributed by atoms with Crippen molar-refractivity contribution in [2.24, 2.45) is 0 Å². The first kappa shape index (κ1) is 18.1. The molecule has 0 radical (unpaired) electrons. The number of likely N-dealkylation sites (N-methyl/N-ethyl adjacent to an activating group) is 1. The number of anilines is 2. The van der Waals surface area contributed by atoms with Crippen LogP contribution in [0.4, 0.5) is 11.6 Å². The van der Waals surface area contributed by atoms with Gasteiger partial charge < -0.3 is 25.8 Å². The van der Waals surface area contributed by atoms with E-state index in [1.54, 1.807) is 4.90 Å². The molecule has 1 aliphatic rings. The average Bonchev–Trinajstić information content (AvgIpc) is 2.63. The Bertz CT molecular complexity index is 768. The Hall–Kier alpha value is -2.68. The number of amides is 1. The van der Waals surface area contributed by atoms with Crippen LogP contribution in [0.2, 0.25) is 0 Å². The number of aromatic nitrogens is 2. The highest BCUT2D eigenvalue weighted by molar-refractivity contribution is 7.99. The molecule has 0 saturated heterocycles. The lowest BCUT2D eigenvalue weighted by atomic mass is 10.2. The number of nitrogens with zero attached hydrogens (tertiary/aromatic N) is 3. The molecule has 4 N–H and O–H groups in total. The highest BCUT2D eigenvalue weighted by Crippen LogP contribution is 2.31. The molecule has 3 rings (SSSR count). The number of carbonyl (C=O) groups is 1. The lowest BCUT2D eigenvalue weighted by Crippen LogP contribution is -2.44. The molecule has 0 aliphatic carbocycles. The van der Waals surface area contributed by atoms with Crippen LogP contribution < -0.4 is 20.9 Å². The molecule has 1 aromatic carbocycles. The number of thioether (sulfide) groups is 1. The van der Waals surface area contributed by atoms with Crippen LogP contribution >= 0.6 is 11.8 Å².